The molecule has 0 radical (unpaired) electrons. The third kappa shape index (κ3) is 4.03. The van der Waals surface area contributed by atoms with Gasteiger partial charge in [0, 0.05) is 5.92 Å². The molecule has 2 unspecified atom stereocenters. The summed E-state index contributed by atoms with van der Waals surface area (Å²) < 4.78 is 70.9. The molecule has 2 atom stereocenters. The van der Waals surface area contributed by atoms with E-state index in [1.165, 1.54) is 13.8 Å². The highest BCUT2D eigenvalue weighted by Crippen LogP contribution is 2.57. The van der Waals surface area contributed by atoms with E-state index in [1.54, 1.807) is 14.1 Å². The summed E-state index contributed by atoms with van der Waals surface area (Å²) in [6, 6.07) is 0. The second-order valence-corrected chi connectivity index (χ2v) is 10.4. The molecule has 0 aliphatic heterocycles. The Morgan fingerprint density at radius 2 is 1.43 bits per heavy atom. The zero-order valence-electron chi connectivity index (χ0n) is 13.9. The summed E-state index contributed by atoms with van der Waals surface area (Å²) in [5.74, 6) is -4.97. The van der Waals surface area contributed by atoms with Gasteiger partial charge in [-0.2, -0.15) is 23.4 Å². The molecule has 0 N–H and O–H groups in total. The predicted molar refractivity (Wildman–Crippen MR) is 81.2 cm³/mol. The highest BCUT2D eigenvalue weighted by Gasteiger charge is 2.67. The van der Waals surface area contributed by atoms with Crippen LogP contribution in [-0.4, -0.2) is 48.8 Å². The normalized spacial score (nSPS) is 19.5. The van der Waals surface area contributed by atoms with E-state index in [0.717, 1.165) is 0 Å². The Morgan fingerprint density at radius 1 is 1.00 bits per heavy atom. The molecule has 1 nitrogen and oxygen atoms in total. The lowest BCUT2D eigenvalue weighted by Gasteiger charge is -2.47. The van der Waals surface area contributed by atoms with Crippen molar-refractivity contribution in [2.45, 2.75) is 45.7 Å². The van der Waals surface area contributed by atoms with Gasteiger partial charge in [0.1, 0.15) is 5.41 Å². The molecule has 0 spiro atoms. The van der Waals surface area contributed by atoms with E-state index >= 15 is 0 Å². The maximum absolute atomic E-state index is 14.7. The molecular weight excluding hydrogens is 309 g/mol. The Bertz CT molecular complexity index is 341. The van der Waals surface area contributed by atoms with Gasteiger partial charge in [-0.1, -0.05) is 13.8 Å². The lowest BCUT2D eigenvalue weighted by molar-refractivity contribution is -0.306. The SMILES string of the molecule is CCC(CS(C)(C)N(C)C)C(F)(F)C(C)(CC)C(F)(F)F. The van der Waals surface area contributed by atoms with Gasteiger partial charge >= 0.3 is 6.18 Å². The van der Waals surface area contributed by atoms with E-state index in [2.05, 4.69) is 0 Å². The molecule has 7 heteroatoms. The molecule has 0 rings (SSSR count). The van der Waals surface area contributed by atoms with Crippen molar-refractivity contribution in [1.29, 1.82) is 0 Å². The van der Waals surface area contributed by atoms with Crippen molar-refractivity contribution in [1.82, 2.24) is 4.31 Å². The molecule has 0 saturated heterocycles. The van der Waals surface area contributed by atoms with Crippen molar-refractivity contribution < 1.29 is 22.0 Å². The Kier molecular flexibility index (Phi) is 6.59. The quantitative estimate of drug-likeness (QED) is 0.580. The summed E-state index contributed by atoms with van der Waals surface area (Å²) >= 11 is 0. The minimum atomic E-state index is -4.92. The highest BCUT2D eigenvalue weighted by molar-refractivity contribution is 8.30. The van der Waals surface area contributed by atoms with Gasteiger partial charge in [-0.25, -0.2) is 8.78 Å². The molecule has 130 valence electrons. The smallest absolute Gasteiger partial charge is 0.274 e. The van der Waals surface area contributed by atoms with Crippen LogP contribution in [0.1, 0.15) is 33.6 Å². The molecule has 0 amide bonds. The third-order valence-corrected chi connectivity index (χ3v) is 7.87. The molecule has 0 aromatic carbocycles. The predicted octanol–water partition coefficient (Wildman–Crippen LogP) is 5.17. The second-order valence-electron chi connectivity index (χ2n) is 6.37. The van der Waals surface area contributed by atoms with Crippen molar-refractivity contribution in [3.8, 4) is 0 Å². The summed E-state index contributed by atoms with van der Waals surface area (Å²) in [6.07, 6.45) is -1.82. The van der Waals surface area contributed by atoms with Crippen molar-refractivity contribution in [3.05, 3.63) is 0 Å². The van der Waals surface area contributed by atoms with Gasteiger partial charge in [0.25, 0.3) is 5.92 Å². The lowest BCUT2D eigenvalue weighted by Crippen LogP contribution is -2.54. The third-order valence-electron chi connectivity index (χ3n) is 4.67. The molecule has 0 saturated carbocycles. The molecular formula is C14H28F5NS. The van der Waals surface area contributed by atoms with Crippen molar-refractivity contribution in [2.75, 3.05) is 32.4 Å². The minimum Gasteiger partial charge on any atom is -0.274 e. The standard InChI is InChI=1S/C14H28F5NS/c1-8-11(10-21(6,7)20(4)5)13(15,16)12(3,9-2)14(17,18)19/h11H,8-10H2,1-7H3. The van der Waals surface area contributed by atoms with Gasteiger partial charge in [-0.3, -0.25) is 4.31 Å². The van der Waals surface area contributed by atoms with Crippen LogP contribution in [0.25, 0.3) is 0 Å². The number of rotatable bonds is 7. The molecule has 21 heavy (non-hydrogen) atoms. The van der Waals surface area contributed by atoms with Crippen molar-refractivity contribution in [2.24, 2.45) is 11.3 Å². The fourth-order valence-corrected chi connectivity index (χ4v) is 3.92. The monoisotopic (exact) mass is 337 g/mol. The largest absolute Gasteiger partial charge is 0.399 e. The molecule has 0 fully saturated rings. The maximum Gasteiger partial charge on any atom is 0.399 e. The molecule has 0 aromatic heterocycles. The molecule has 0 heterocycles. The van der Waals surface area contributed by atoms with Crippen molar-refractivity contribution >= 4 is 10.2 Å². The van der Waals surface area contributed by atoms with Crippen molar-refractivity contribution in [3.63, 3.8) is 0 Å². The zero-order valence-corrected chi connectivity index (χ0v) is 14.8. The average molecular weight is 337 g/mol. The van der Waals surface area contributed by atoms with Crippen LogP contribution in [0.2, 0.25) is 0 Å². The van der Waals surface area contributed by atoms with Crippen LogP contribution in [0.3, 0.4) is 0 Å². The topological polar surface area (TPSA) is 3.24 Å². The molecule has 0 bridgehead atoms. The number of hydrogen-bond donors (Lipinski definition) is 0. The molecule has 0 aliphatic rings. The first kappa shape index (κ1) is 21.0. The van der Waals surface area contributed by atoms with E-state index in [1.807, 2.05) is 16.8 Å². The summed E-state index contributed by atoms with van der Waals surface area (Å²) in [4.78, 5) is 0. The average Bonchev–Trinajstić information content (AvgIpc) is 2.32. The Morgan fingerprint density at radius 3 is 1.67 bits per heavy atom. The van der Waals surface area contributed by atoms with Crippen LogP contribution >= 0.6 is 10.2 Å². The molecule has 0 aliphatic carbocycles. The summed E-state index contributed by atoms with van der Waals surface area (Å²) in [5.41, 5.74) is -2.98. The van der Waals surface area contributed by atoms with Gasteiger partial charge < -0.3 is 0 Å². The first-order chi connectivity index (χ1) is 9.17. The van der Waals surface area contributed by atoms with Gasteiger partial charge in [0.15, 0.2) is 0 Å². The van der Waals surface area contributed by atoms with Crippen LogP contribution in [-0.2, 0) is 0 Å². The van der Waals surface area contributed by atoms with E-state index in [-0.39, 0.29) is 12.2 Å². The number of hydrogen-bond acceptors (Lipinski definition) is 1. The number of alkyl halides is 5. The molecule has 0 aromatic rings. The van der Waals surface area contributed by atoms with E-state index in [9.17, 15) is 22.0 Å². The highest BCUT2D eigenvalue weighted by atomic mass is 32.3. The van der Waals surface area contributed by atoms with Gasteiger partial charge in [0.2, 0.25) is 0 Å². The Hall–Kier alpha value is -0.0400. The van der Waals surface area contributed by atoms with Crippen LogP contribution in [0, 0.1) is 11.3 Å². The van der Waals surface area contributed by atoms with Crippen LogP contribution in [0.4, 0.5) is 22.0 Å². The van der Waals surface area contributed by atoms with Crippen LogP contribution < -0.4 is 0 Å². The fourth-order valence-electron chi connectivity index (χ4n) is 2.20. The van der Waals surface area contributed by atoms with E-state index < -0.39 is 40.1 Å². The zero-order chi connectivity index (χ0) is 17.3. The van der Waals surface area contributed by atoms with Gasteiger partial charge in [-0.15, -0.1) is 0 Å². The Balaban J connectivity index is 5.62. The first-order valence-electron chi connectivity index (χ1n) is 7.00. The summed E-state index contributed by atoms with van der Waals surface area (Å²) in [5, 5.41) is 0. The number of halogens is 5. The lowest BCUT2D eigenvalue weighted by atomic mass is 9.74. The Labute approximate surface area is 126 Å². The van der Waals surface area contributed by atoms with E-state index in [4.69, 9.17) is 0 Å². The maximum atomic E-state index is 14.7. The van der Waals surface area contributed by atoms with Crippen LogP contribution in [0.5, 0.6) is 0 Å². The second kappa shape index (κ2) is 6.60. The minimum absolute atomic E-state index is 0.0307. The first-order valence-corrected chi connectivity index (χ1v) is 9.58. The summed E-state index contributed by atoms with van der Waals surface area (Å²) in [7, 11) is 2.04. The van der Waals surface area contributed by atoms with Gasteiger partial charge in [-0.05, 0) is 52.1 Å². The van der Waals surface area contributed by atoms with Crippen LogP contribution in [0.15, 0.2) is 0 Å². The fraction of sp³-hybridized carbons (Fsp3) is 1.00. The number of nitrogens with zero attached hydrogens (tertiary/aromatic N) is 1. The van der Waals surface area contributed by atoms with E-state index in [0.29, 0.717) is 6.92 Å². The van der Waals surface area contributed by atoms with Gasteiger partial charge in [0.05, 0.1) is 0 Å². The summed E-state index contributed by atoms with van der Waals surface area (Å²) in [6.45, 7) is 3.36.